The highest BCUT2D eigenvalue weighted by Crippen LogP contribution is 2.18. The zero-order valence-corrected chi connectivity index (χ0v) is 16.2. The molecule has 0 radical (unpaired) electrons. The first-order valence-electron chi connectivity index (χ1n) is 9.54. The Labute approximate surface area is 162 Å². The lowest BCUT2D eigenvalue weighted by Crippen LogP contribution is -2.49. The van der Waals surface area contributed by atoms with Crippen molar-refractivity contribution in [1.29, 1.82) is 0 Å². The Morgan fingerprint density at radius 2 is 1.92 bits per heavy atom. The number of hydrogen-bond acceptors (Lipinski definition) is 4. The van der Waals surface area contributed by atoms with Gasteiger partial charge < -0.3 is 20.1 Å². The maximum atomic E-state index is 12.6. The van der Waals surface area contributed by atoms with Crippen molar-refractivity contribution in [2.75, 3.05) is 26.3 Å². The van der Waals surface area contributed by atoms with E-state index in [2.05, 4.69) is 0 Å². The van der Waals surface area contributed by atoms with E-state index in [4.69, 9.17) is 15.2 Å². The Hall–Kier alpha value is -1.14. The maximum absolute atomic E-state index is 12.6. The van der Waals surface area contributed by atoms with Gasteiger partial charge in [0.05, 0.1) is 24.9 Å². The highest BCUT2D eigenvalue weighted by molar-refractivity contribution is 5.85. The Bertz CT molecular complexity index is 529. The van der Waals surface area contributed by atoms with Crippen molar-refractivity contribution < 1.29 is 14.3 Å². The van der Waals surface area contributed by atoms with Crippen LogP contribution in [0, 0.1) is 0 Å². The molecular weight excluding hydrogens is 352 g/mol. The number of halogens is 1. The van der Waals surface area contributed by atoms with E-state index in [9.17, 15) is 4.79 Å². The first kappa shape index (κ1) is 21.2. The van der Waals surface area contributed by atoms with Gasteiger partial charge in [0.1, 0.15) is 0 Å². The molecule has 2 unspecified atom stereocenters. The number of ether oxygens (including phenoxy) is 2. The van der Waals surface area contributed by atoms with Crippen LogP contribution < -0.4 is 5.73 Å². The van der Waals surface area contributed by atoms with Crippen LogP contribution in [0.5, 0.6) is 0 Å². The average Bonchev–Trinajstić information content (AvgIpc) is 2.68. The number of rotatable bonds is 6. The molecular formula is C20H31ClN2O3. The van der Waals surface area contributed by atoms with Crippen molar-refractivity contribution in [3.63, 3.8) is 0 Å². The van der Waals surface area contributed by atoms with Crippen LogP contribution in [-0.2, 0) is 20.7 Å². The van der Waals surface area contributed by atoms with Gasteiger partial charge in [-0.05, 0) is 44.1 Å². The Morgan fingerprint density at radius 3 is 2.58 bits per heavy atom. The van der Waals surface area contributed by atoms with E-state index >= 15 is 0 Å². The highest BCUT2D eigenvalue weighted by atomic mass is 35.5. The van der Waals surface area contributed by atoms with E-state index in [1.807, 2.05) is 35.2 Å². The molecule has 0 aromatic heterocycles. The lowest BCUT2D eigenvalue weighted by molar-refractivity contribution is -0.136. The quantitative estimate of drug-likeness (QED) is 0.821. The minimum atomic E-state index is -0.462. The molecule has 6 heteroatoms. The molecule has 26 heavy (non-hydrogen) atoms. The fourth-order valence-electron chi connectivity index (χ4n) is 3.61. The molecule has 0 spiro atoms. The number of carbonyl (C=O) groups excluding carboxylic acids is 1. The Morgan fingerprint density at radius 1 is 1.19 bits per heavy atom. The van der Waals surface area contributed by atoms with E-state index in [1.54, 1.807) is 0 Å². The molecule has 2 heterocycles. The SMILES string of the molecule is Cl.NC(Cc1ccccc1)C(=O)N1CCC(OCC2CCCCO2)CC1. The van der Waals surface area contributed by atoms with Crippen LogP contribution in [0.3, 0.4) is 0 Å². The molecule has 0 aliphatic carbocycles. The normalized spacial score (nSPS) is 22.5. The van der Waals surface area contributed by atoms with E-state index in [0.29, 0.717) is 13.0 Å². The van der Waals surface area contributed by atoms with Crippen LogP contribution in [-0.4, -0.2) is 55.4 Å². The summed E-state index contributed by atoms with van der Waals surface area (Å²) in [5.41, 5.74) is 7.24. The topological polar surface area (TPSA) is 64.8 Å². The molecule has 2 saturated heterocycles. The Kier molecular flexibility index (Phi) is 8.85. The third-order valence-electron chi connectivity index (χ3n) is 5.16. The summed E-state index contributed by atoms with van der Waals surface area (Å²) < 4.78 is 11.7. The fourth-order valence-corrected chi connectivity index (χ4v) is 3.61. The number of likely N-dealkylation sites (tertiary alicyclic amines) is 1. The largest absolute Gasteiger partial charge is 0.376 e. The van der Waals surface area contributed by atoms with Gasteiger partial charge in [0.25, 0.3) is 0 Å². The first-order valence-corrected chi connectivity index (χ1v) is 9.54. The summed E-state index contributed by atoms with van der Waals surface area (Å²) in [7, 11) is 0. The number of benzene rings is 1. The number of amides is 1. The second-order valence-corrected chi connectivity index (χ2v) is 7.14. The van der Waals surface area contributed by atoms with Gasteiger partial charge in [0.15, 0.2) is 0 Å². The number of carbonyl (C=O) groups is 1. The number of piperidine rings is 1. The summed E-state index contributed by atoms with van der Waals surface area (Å²) in [6.07, 6.45) is 6.36. The third-order valence-corrected chi connectivity index (χ3v) is 5.16. The zero-order chi connectivity index (χ0) is 17.5. The number of hydrogen-bond donors (Lipinski definition) is 1. The molecule has 2 atom stereocenters. The second-order valence-electron chi connectivity index (χ2n) is 7.14. The van der Waals surface area contributed by atoms with Gasteiger partial charge in [0, 0.05) is 19.7 Å². The van der Waals surface area contributed by atoms with E-state index < -0.39 is 6.04 Å². The van der Waals surface area contributed by atoms with Gasteiger partial charge in [-0.15, -0.1) is 12.4 Å². The van der Waals surface area contributed by atoms with Crippen LogP contribution in [0.25, 0.3) is 0 Å². The van der Waals surface area contributed by atoms with Gasteiger partial charge in [0.2, 0.25) is 5.91 Å². The third kappa shape index (κ3) is 6.23. The van der Waals surface area contributed by atoms with Crippen LogP contribution in [0.15, 0.2) is 30.3 Å². The number of nitrogens with zero attached hydrogens (tertiary/aromatic N) is 1. The van der Waals surface area contributed by atoms with Crippen molar-refractivity contribution in [3.05, 3.63) is 35.9 Å². The van der Waals surface area contributed by atoms with Gasteiger partial charge in [-0.3, -0.25) is 4.79 Å². The first-order chi connectivity index (χ1) is 12.2. The molecule has 0 saturated carbocycles. The molecule has 1 aromatic rings. The second kappa shape index (κ2) is 10.9. The zero-order valence-electron chi connectivity index (χ0n) is 15.3. The molecule has 146 valence electrons. The van der Waals surface area contributed by atoms with E-state index in [0.717, 1.165) is 44.5 Å². The molecule has 2 aliphatic heterocycles. The lowest BCUT2D eigenvalue weighted by atomic mass is 10.0. The predicted molar refractivity (Wildman–Crippen MR) is 105 cm³/mol. The molecule has 1 aromatic carbocycles. The van der Waals surface area contributed by atoms with Crippen molar-refractivity contribution in [2.24, 2.45) is 5.73 Å². The van der Waals surface area contributed by atoms with Gasteiger partial charge >= 0.3 is 0 Å². The van der Waals surface area contributed by atoms with Gasteiger partial charge in [-0.2, -0.15) is 0 Å². The monoisotopic (exact) mass is 382 g/mol. The smallest absolute Gasteiger partial charge is 0.239 e. The minimum absolute atomic E-state index is 0. The van der Waals surface area contributed by atoms with Gasteiger partial charge in [-0.25, -0.2) is 0 Å². The molecule has 2 N–H and O–H groups in total. The molecule has 1 amide bonds. The molecule has 3 rings (SSSR count). The van der Waals surface area contributed by atoms with Crippen LogP contribution in [0.4, 0.5) is 0 Å². The summed E-state index contributed by atoms with van der Waals surface area (Å²) in [4.78, 5) is 14.4. The predicted octanol–water partition coefficient (Wildman–Crippen LogP) is 2.55. The van der Waals surface area contributed by atoms with Crippen molar-refractivity contribution in [3.8, 4) is 0 Å². The standard InChI is InChI=1S/C20H30N2O3.ClH/c21-19(14-16-6-2-1-3-7-16)20(23)22-11-9-17(10-12-22)25-15-18-8-4-5-13-24-18;/h1-3,6-7,17-19H,4-5,8-15,21H2;1H. The summed E-state index contributed by atoms with van der Waals surface area (Å²) >= 11 is 0. The summed E-state index contributed by atoms with van der Waals surface area (Å²) in [6.45, 7) is 3.02. The lowest BCUT2D eigenvalue weighted by Gasteiger charge is -2.34. The minimum Gasteiger partial charge on any atom is -0.376 e. The van der Waals surface area contributed by atoms with Crippen molar-refractivity contribution in [2.45, 2.75) is 56.8 Å². The van der Waals surface area contributed by atoms with E-state index in [-0.39, 0.29) is 30.5 Å². The van der Waals surface area contributed by atoms with Crippen molar-refractivity contribution in [1.82, 2.24) is 4.90 Å². The average molecular weight is 383 g/mol. The molecule has 2 aliphatic rings. The summed E-state index contributed by atoms with van der Waals surface area (Å²) in [5.74, 6) is 0.0536. The molecule has 5 nitrogen and oxygen atoms in total. The highest BCUT2D eigenvalue weighted by Gasteiger charge is 2.27. The van der Waals surface area contributed by atoms with Crippen LogP contribution in [0.1, 0.15) is 37.7 Å². The fraction of sp³-hybridized carbons (Fsp3) is 0.650. The van der Waals surface area contributed by atoms with Gasteiger partial charge in [-0.1, -0.05) is 30.3 Å². The van der Waals surface area contributed by atoms with Crippen molar-refractivity contribution >= 4 is 18.3 Å². The summed E-state index contributed by atoms with van der Waals surface area (Å²) in [6, 6.07) is 9.49. The molecule has 2 fully saturated rings. The van der Waals surface area contributed by atoms with Crippen LogP contribution >= 0.6 is 12.4 Å². The summed E-state index contributed by atoms with van der Waals surface area (Å²) in [5, 5.41) is 0. The van der Waals surface area contributed by atoms with Crippen LogP contribution in [0.2, 0.25) is 0 Å². The van der Waals surface area contributed by atoms with E-state index in [1.165, 1.54) is 12.8 Å². The number of nitrogens with two attached hydrogens (primary N) is 1. The Balaban J connectivity index is 0.00000243. The maximum Gasteiger partial charge on any atom is 0.239 e. The molecule has 0 bridgehead atoms.